The Labute approximate surface area is 106 Å². The summed E-state index contributed by atoms with van der Waals surface area (Å²) in [6.07, 6.45) is 0.197. The van der Waals surface area contributed by atoms with Crippen molar-refractivity contribution in [3.8, 4) is 5.75 Å². The molecular weight excluding hydrogens is 260 g/mol. The molecule has 0 heterocycles. The van der Waals surface area contributed by atoms with E-state index in [1.807, 2.05) is 0 Å². The first kappa shape index (κ1) is 14.5. The first-order chi connectivity index (χ1) is 8.40. The molecule has 1 rings (SSSR count). The average Bonchev–Trinajstić information content (AvgIpc) is 2.27. The largest absolute Gasteiger partial charge is 0.513 e. The number of carbonyl (C=O) groups excluding carboxylic acids is 1. The molecule has 0 aliphatic heterocycles. The third kappa shape index (κ3) is 5.65. The Morgan fingerprint density at radius 2 is 1.83 bits per heavy atom. The number of ether oxygens (including phenoxy) is 2. The lowest BCUT2D eigenvalue weighted by Gasteiger charge is -2.05. The number of hydrogen-bond donors (Lipinski definition) is 0. The third-order valence-corrected chi connectivity index (χ3v) is 2.37. The van der Waals surface area contributed by atoms with Crippen molar-refractivity contribution >= 4 is 16.3 Å². The van der Waals surface area contributed by atoms with Crippen molar-refractivity contribution in [2.45, 2.75) is 13.5 Å². The second-order valence-electron chi connectivity index (χ2n) is 3.40. The van der Waals surface area contributed by atoms with E-state index in [0.717, 1.165) is 6.26 Å². The summed E-state index contributed by atoms with van der Waals surface area (Å²) in [5.74, 6) is 0.316. The van der Waals surface area contributed by atoms with Gasteiger partial charge in [0.25, 0.3) is 10.1 Å². The minimum absolute atomic E-state index is 0.0570. The summed E-state index contributed by atoms with van der Waals surface area (Å²) in [5.41, 5.74) is 0.650. The van der Waals surface area contributed by atoms with Gasteiger partial charge in [-0.25, -0.2) is 4.79 Å². The molecule has 1 aromatic rings. The van der Waals surface area contributed by atoms with Crippen LogP contribution in [0, 0.1) is 0 Å². The number of rotatable bonds is 5. The molecule has 0 N–H and O–H groups in total. The second-order valence-corrected chi connectivity index (χ2v) is 5.04. The lowest BCUT2D eigenvalue weighted by molar-refractivity contribution is 0.104. The van der Waals surface area contributed by atoms with Gasteiger partial charge in [0.1, 0.15) is 5.75 Å². The zero-order chi connectivity index (χ0) is 13.6. The quantitative estimate of drug-likeness (QED) is 0.462. The minimum atomic E-state index is -3.46. The van der Waals surface area contributed by atoms with Gasteiger partial charge in [-0.05, 0) is 24.6 Å². The molecule has 1 aromatic carbocycles. The van der Waals surface area contributed by atoms with Gasteiger partial charge in [-0.15, -0.1) is 0 Å². The van der Waals surface area contributed by atoms with Crippen molar-refractivity contribution in [2.75, 3.05) is 12.9 Å². The second kappa shape index (κ2) is 6.36. The average molecular weight is 274 g/mol. The lowest BCUT2D eigenvalue weighted by atomic mass is 10.2. The van der Waals surface area contributed by atoms with Crippen molar-refractivity contribution in [1.82, 2.24) is 0 Å². The van der Waals surface area contributed by atoms with E-state index in [-0.39, 0.29) is 13.2 Å². The Morgan fingerprint density at radius 3 is 2.33 bits per heavy atom. The molecule has 0 aliphatic rings. The van der Waals surface area contributed by atoms with Crippen molar-refractivity contribution in [3.05, 3.63) is 29.8 Å². The van der Waals surface area contributed by atoms with E-state index >= 15 is 0 Å². The van der Waals surface area contributed by atoms with Gasteiger partial charge >= 0.3 is 6.16 Å². The molecule has 0 amide bonds. The maximum Gasteiger partial charge on any atom is 0.513 e. The van der Waals surface area contributed by atoms with Gasteiger partial charge in [-0.1, -0.05) is 12.1 Å². The monoisotopic (exact) mass is 274 g/mol. The SMILES string of the molecule is CCOC(=O)Oc1ccc(COS(C)(=O)=O)cc1. The highest BCUT2D eigenvalue weighted by molar-refractivity contribution is 7.85. The highest BCUT2D eigenvalue weighted by Crippen LogP contribution is 2.14. The molecule has 18 heavy (non-hydrogen) atoms. The molecule has 0 saturated carbocycles. The van der Waals surface area contributed by atoms with Gasteiger partial charge < -0.3 is 9.47 Å². The van der Waals surface area contributed by atoms with Crippen LogP contribution in [-0.4, -0.2) is 27.4 Å². The van der Waals surface area contributed by atoms with E-state index in [4.69, 9.17) is 4.74 Å². The molecular formula is C11H14O6S. The molecule has 0 saturated heterocycles. The van der Waals surface area contributed by atoms with Crippen LogP contribution in [0.15, 0.2) is 24.3 Å². The highest BCUT2D eigenvalue weighted by atomic mass is 32.2. The Kier molecular flexibility index (Phi) is 5.11. The molecule has 0 fully saturated rings. The van der Waals surface area contributed by atoms with Crippen LogP contribution in [0.1, 0.15) is 12.5 Å². The number of carbonyl (C=O) groups is 1. The van der Waals surface area contributed by atoms with E-state index in [0.29, 0.717) is 11.3 Å². The Balaban J connectivity index is 2.55. The molecule has 100 valence electrons. The van der Waals surface area contributed by atoms with Crippen LogP contribution in [-0.2, 0) is 25.6 Å². The van der Waals surface area contributed by atoms with Crippen LogP contribution in [0.2, 0.25) is 0 Å². The smallest absolute Gasteiger partial charge is 0.434 e. The fourth-order valence-electron chi connectivity index (χ4n) is 1.07. The fourth-order valence-corrected chi connectivity index (χ4v) is 1.42. The summed E-state index contributed by atoms with van der Waals surface area (Å²) < 4.78 is 35.6. The highest BCUT2D eigenvalue weighted by Gasteiger charge is 2.06. The van der Waals surface area contributed by atoms with E-state index in [2.05, 4.69) is 8.92 Å². The van der Waals surface area contributed by atoms with Crippen LogP contribution < -0.4 is 4.74 Å². The normalized spacial score (nSPS) is 11.0. The van der Waals surface area contributed by atoms with Crippen molar-refractivity contribution < 1.29 is 26.9 Å². The zero-order valence-electron chi connectivity index (χ0n) is 10.1. The van der Waals surface area contributed by atoms with Gasteiger partial charge in [0.15, 0.2) is 0 Å². The molecule has 0 bridgehead atoms. The first-order valence-electron chi connectivity index (χ1n) is 5.18. The summed E-state index contributed by atoms with van der Waals surface area (Å²) in [4.78, 5) is 11.0. The molecule has 0 spiro atoms. The number of benzene rings is 1. The van der Waals surface area contributed by atoms with Gasteiger partial charge in [-0.3, -0.25) is 4.18 Å². The molecule has 0 atom stereocenters. The van der Waals surface area contributed by atoms with Gasteiger partial charge in [0.2, 0.25) is 0 Å². The standard InChI is InChI=1S/C11H14O6S/c1-3-15-11(12)17-10-6-4-9(5-7-10)8-16-18(2,13)14/h4-7H,3,8H2,1-2H3. The number of hydrogen-bond acceptors (Lipinski definition) is 6. The van der Waals surface area contributed by atoms with Gasteiger partial charge in [0, 0.05) is 0 Å². The van der Waals surface area contributed by atoms with Crippen LogP contribution in [0.5, 0.6) is 5.75 Å². The molecule has 6 nitrogen and oxygen atoms in total. The Morgan fingerprint density at radius 1 is 1.22 bits per heavy atom. The van der Waals surface area contributed by atoms with Crippen LogP contribution >= 0.6 is 0 Å². The predicted octanol–water partition coefficient (Wildman–Crippen LogP) is 1.70. The van der Waals surface area contributed by atoms with Gasteiger partial charge in [-0.2, -0.15) is 8.42 Å². The fraction of sp³-hybridized carbons (Fsp3) is 0.364. The molecule has 7 heteroatoms. The molecule has 0 unspecified atom stereocenters. The zero-order valence-corrected chi connectivity index (χ0v) is 10.9. The van der Waals surface area contributed by atoms with Crippen molar-refractivity contribution in [3.63, 3.8) is 0 Å². The van der Waals surface area contributed by atoms with Crippen molar-refractivity contribution in [1.29, 1.82) is 0 Å². The summed E-state index contributed by atoms with van der Waals surface area (Å²) >= 11 is 0. The topological polar surface area (TPSA) is 78.9 Å². The summed E-state index contributed by atoms with van der Waals surface area (Å²) in [5, 5.41) is 0. The summed E-state index contributed by atoms with van der Waals surface area (Å²) in [7, 11) is -3.46. The Hall–Kier alpha value is -1.60. The minimum Gasteiger partial charge on any atom is -0.434 e. The van der Waals surface area contributed by atoms with Gasteiger partial charge in [0.05, 0.1) is 19.5 Å². The predicted molar refractivity (Wildman–Crippen MR) is 63.7 cm³/mol. The van der Waals surface area contributed by atoms with E-state index in [9.17, 15) is 13.2 Å². The molecule has 0 radical (unpaired) electrons. The summed E-state index contributed by atoms with van der Waals surface area (Å²) in [6, 6.07) is 6.25. The maximum atomic E-state index is 11.0. The van der Waals surface area contributed by atoms with E-state index in [1.54, 1.807) is 19.1 Å². The van der Waals surface area contributed by atoms with E-state index < -0.39 is 16.3 Å². The molecule has 0 aliphatic carbocycles. The summed E-state index contributed by atoms with van der Waals surface area (Å²) in [6.45, 7) is 1.85. The Bertz CT molecular complexity index is 491. The first-order valence-corrected chi connectivity index (χ1v) is 7.00. The van der Waals surface area contributed by atoms with Crippen LogP contribution in [0.3, 0.4) is 0 Å². The maximum absolute atomic E-state index is 11.0. The van der Waals surface area contributed by atoms with Crippen LogP contribution in [0.4, 0.5) is 4.79 Å². The van der Waals surface area contributed by atoms with E-state index in [1.165, 1.54) is 12.1 Å². The third-order valence-electron chi connectivity index (χ3n) is 1.83. The van der Waals surface area contributed by atoms with Crippen molar-refractivity contribution in [2.24, 2.45) is 0 Å². The van der Waals surface area contributed by atoms with Crippen LogP contribution in [0.25, 0.3) is 0 Å². The molecule has 0 aromatic heterocycles. The lowest BCUT2D eigenvalue weighted by Crippen LogP contribution is -2.10.